The molecule has 0 unspecified atom stereocenters. The Labute approximate surface area is 133 Å². The van der Waals surface area contributed by atoms with Gasteiger partial charge in [-0.1, -0.05) is 30.3 Å². The van der Waals surface area contributed by atoms with E-state index in [0.29, 0.717) is 16.5 Å². The first kappa shape index (κ1) is 14.2. The maximum absolute atomic E-state index is 14.1. The van der Waals surface area contributed by atoms with Crippen LogP contribution in [0.4, 0.5) is 4.39 Å². The van der Waals surface area contributed by atoms with Crippen LogP contribution in [0.5, 0.6) is 5.88 Å². The average molecular weight is 368 g/mol. The molecular formula is C15H9BrClFN2O. The van der Waals surface area contributed by atoms with Crippen LogP contribution < -0.4 is 4.74 Å². The minimum Gasteiger partial charge on any atom is -0.472 e. The van der Waals surface area contributed by atoms with Gasteiger partial charge < -0.3 is 4.74 Å². The van der Waals surface area contributed by atoms with Gasteiger partial charge in [0.05, 0.1) is 9.86 Å². The Hall–Kier alpha value is -1.72. The van der Waals surface area contributed by atoms with E-state index in [9.17, 15) is 4.39 Å². The number of hydrogen-bond acceptors (Lipinski definition) is 3. The lowest BCUT2D eigenvalue weighted by Gasteiger charge is -2.09. The number of hydrogen-bond donors (Lipinski definition) is 0. The fourth-order valence-corrected chi connectivity index (χ4v) is 2.40. The highest BCUT2D eigenvalue weighted by molar-refractivity contribution is 9.10. The molecular weight excluding hydrogens is 359 g/mol. The highest BCUT2D eigenvalue weighted by atomic mass is 79.9. The summed E-state index contributed by atoms with van der Waals surface area (Å²) in [6.45, 7) is 0.320. The molecule has 0 aliphatic rings. The van der Waals surface area contributed by atoms with E-state index in [1.165, 1.54) is 0 Å². The summed E-state index contributed by atoms with van der Waals surface area (Å²) in [4.78, 5) is 7.96. The smallest absolute Gasteiger partial charge is 0.226 e. The zero-order valence-electron chi connectivity index (χ0n) is 10.7. The molecule has 2 aromatic carbocycles. The first-order chi connectivity index (χ1) is 10.1. The van der Waals surface area contributed by atoms with Gasteiger partial charge in [0.15, 0.2) is 5.82 Å². The molecule has 0 aliphatic heterocycles. The number of halogens is 3. The predicted molar refractivity (Wildman–Crippen MR) is 83.0 cm³/mol. The zero-order chi connectivity index (χ0) is 14.8. The normalized spacial score (nSPS) is 10.8. The summed E-state index contributed by atoms with van der Waals surface area (Å²) >= 11 is 8.97. The Balaban J connectivity index is 2.00. The Morgan fingerprint density at radius 3 is 2.62 bits per heavy atom. The van der Waals surface area contributed by atoms with Crippen LogP contribution in [0.15, 0.2) is 46.9 Å². The Kier molecular flexibility index (Phi) is 4.03. The molecule has 0 N–H and O–H groups in total. The predicted octanol–water partition coefficient (Wildman–Crippen LogP) is 4.76. The second-order valence-corrected chi connectivity index (χ2v) is 5.52. The lowest BCUT2D eigenvalue weighted by Crippen LogP contribution is -2.00. The molecule has 0 spiro atoms. The fourth-order valence-electron chi connectivity index (χ4n) is 1.92. The minimum atomic E-state index is -0.485. The summed E-state index contributed by atoms with van der Waals surface area (Å²) in [5.74, 6) is -0.221. The molecule has 0 radical (unpaired) electrons. The van der Waals surface area contributed by atoms with Crippen molar-refractivity contribution in [2.45, 2.75) is 6.61 Å². The van der Waals surface area contributed by atoms with Crippen molar-refractivity contribution in [2.24, 2.45) is 0 Å². The number of aromatic nitrogens is 2. The van der Waals surface area contributed by atoms with Gasteiger partial charge in [0, 0.05) is 0 Å². The van der Waals surface area contributed by atoms with E-state index in [2.05, 4.69) is 25.9 Å². The molecule has 0 saturated carbocycles. The number of benzene rings is 2. The summed E-state index contributed by atoms with van der Waals surface area (Å²) in [7, 11) is 0. The van der Waals surface area contributed by atoms with Gasteiger partial charge in [-0.3, -0.25) is 0 Å². The summed E-state index contributed by atoms with van der Waals surface area (Å²) in [5, 5.41) is 0.429. The average Bonchev–Trinajstić information content (AvgIpc) is 2.50. The van der Waals surface area contributed by atoms with Gasteiger partial charge >= 0.3 is 0 Å². The van der Waals surface area contributed by atoms with E-state index >= 15 is 0 Å². The second kappa shape index (κ2) is 5.95. The van der Waals surface area contributed by atoms with E-state index in [1.54, 1.807) is 12.1 Å². The maximum Gasteiger partial charge on any atom is 0.226 e. The highest BCUT2D eigenvalue weighted by Gasteiger charge is 2.14. The summed E-state index contributed by atoms with van der Waals surface area (Å²) < 4.78 is 20.1. The van der Waals surface area contributed by atoms with Gasteiger partial charge in [-0.25, -0.2) is 9.37 Å². The van der Waals surface area contributed by atoms with Crippen LogP contribution in [0.2, 0.25) is 5.28 Å². The molecule has 0 saturated heterocycles. The van der Waals surface area contributed by atoms with Crippen molar-refractivity contribution in [3.8, 4) is 5.88 Å². The van der Waals surface area contributed by atoms with Crippen molar-refractivity contribution >= 4 is 38.4 Å². The van der Waals surface area contributed by atoms with Crippen LogP contribution in [0.25, 0.3) is 10.9 Å². The molecule has 0 amide bonds. The first-order valence-electron chi connectivity index (χ1n) is 6.13. The molecule has 3 nitrogen and oxygen atoms in total. The quantitative estimate of drug-likeness (QED) is 0.626. The molecule has 1 heterocycles. The van der Waals surface area contributed by atoms with Gasteiger partial charge in [0.2, 0.25) is 11.2 Å². The third-order valence-corrected chi connectivity index (χ3v) is 3.70. The molecule has 0 atom stereocenters. The van der Waals surface area contributed by atoms with Gasteiger partial charge in [-0.2, -0.15) is 4.98 Å². The number of ether oxygens (including phenoxy) is 1. The maximum atomic E-state index is 14.1. The third kappa shape index (κ3) is 2.99. The van der Waals surface area contributed by atoms with Crippen LogP contribution in [0.3, 0.4) is 0 Å². The number of rotatable bonds is 3. The Morgan fingerprint density at radius 1 is 1.10 bits per heavy atom. The van der Waals surface area contributed by atoms with E-state index in [4.69, 9.17) is 16.3 Å². The Morgan fingerprint density at radius 2 is 1.86 bits per heavy atom. The molecule has 106 valence electrons. The lowest BCUT2D eigenvalue weighted by atomic mass is 10.2. The minimum absolute atomic E-state index is 0.0532. The Bertz CT molecular complexity index is 799. The van der Waals surface area contributed by atoms with Crippen molar-refractivity contribution in [1.82, 2.24) is 9.97 Å². The third-order valence-electron chi connectivity index (χ3n) is 2.92. The van der Waals surface area contributed by atoms with Crippen molar-refractivity contribution in [2.75, 3.05) is 0 Å². The van der Waals surface area contributed by atoms with E-state index < -0.39 is 5.82 Å². The van der Waals surface area contributed by atoms with Crippen LogP contribution >= 0.6 is 27.5 Å². The molecule has 3 aromatic rings. The second-order valence-electron chi connectivity index (χ2n) is 4.33. The monoisotopic (exact) mass is 366 g/mol. The number of fused-ring (bicyclic) bond motifs is 1. The zero-order valence-corrected chi connectivity index (χ0v) is 13.0. The van der Waals surface area contributed by atoms with Crippen molar-refractivity contribution in [3.05, 3.63) is 63.6 Å². The van der Waals surface area contributed by atoms with Crippen LogP contribution in [-0.4, -0.2) is 9.97 Å². The fraction of sp³-hybridized carbons (Fsp3) is 0.0667. The molecule has 3 rings (SSSR count). The van der Waals surface area contributed by atoms with Crippen molar-refractivity contribution in [3.63, 3.8) is 0 Å². The van der Waals surface area contributed by atoms with Gasteiger partial charge in [-0.05, 0) is 45.2 Å². The standard InChI is InChI=1S/C15H9BrClFN2O/c16-11-7-6-10-13(12(11)18)19-15(17)20-14(10)21-8-9-4-2-1-3-5-9/h1-7H,8H2. The molecule has 21 heavy (non-hydrogen) atoms. The van der Waals surface area contributed by atoms with E-state index in [0.717, 1.165) is 5.56 Å². The summed E-state index contributed by atoms with van der Waals surface area (Å²) in [5.41, 5.74) is 1.12. The van der Waals surface area contributed by atoms with Crippen molar-refractivity contribution < 1.29 is 9.13 Å². The van der Waals surface area contributed by atoms with Crippen molar-refractivity contribution in [1.29, 1.82) is 0 Å². The molecule has 0 bridgehead atoms. The number of nitrogens with zero attached hydrogens (tertiary/aromatic N) is 2. The van der Waals surface area contributed by atoms with Gasteiger partial charge in [0.25, 0.3) is 0 Å². The lowest BCUT2D eigenvalue weighted by molar-refractivity contribution is 0.297. The SMILES string of the molecule is Fc1c(Br)ccc2c(OCc3ccccc3)nc(Cl)nc12. The van der Waals surface area contributed by atoms with Crippen LogP contribution in [-0.2, 0) is 6.61 Å². The van der Waals surface area contributed by atoms with Crippen LogP contribution in [0, 0.1) is 5.82 Å². The van der Waals surface area contributed by atoms with Crippen LogP contribution in [0.1, 0.15) is 5.56 Å². The largest absolute Gasteiger partial charge is 0.472 e. The van der Waals surface area contributed by atoms with E-state index in [1.807, 2.05) is 30.3 Å². The highest BCUT2D eigenvalue weighted by Crippen LogP contribution is 2.30. The van der Waals surface area contributed by atoms with Gasteiger partial charge in [-0.15, -0.1) is 0 Å². The summed E-state index contributed by atoms with van der Waals surface area (Å²) in [6.07, 6.45) is 0. The first-order valence-corrected chi connectivity index (χ1v) is 7.30. The molecule has 0 fully saturated rings. The summed E-state index contributed by atoms with van der Waals surface area (Å²) in [6, 6.07) is 12.9. The topological polar surface area (TPSA) is 35.0 Å². The molecule has 1 aromatic heterocycles. The molecule has 6 heteroatoms. The molecule has 0 aliphatic carbocycles. The van der Waals surface area contributed by atoms with E-state index in [-0.39, 0.29) is 16.7 Å². The van der Waals surface area contributed by atoms with Gasteiger partial charge in [0.1, 0.15) is 12.1 Å².